The minimum atomic E-state index is -0.288. The fourth-order valence-corrected chi connectivity index (χ4v) is 3.14. The van der Waals surface area contributed by atoms with Crippen LogP contribution in [-0.2, 0) is 0 Å². The van der Waals surface area contributed by atoms with Crippen molar-refractivity contribution in [1.82, 2.24) is 0 Å². The lowest BCUT2D eigenvalue weighted by Gasteiger charge is -2.34. The number of anilines is 1. The van der Waals surface area contributed by atoms with E-state index in [0.29, 0.717) is 12.5 Å². The summed E-state index contributed by atoms with van der Waals surface area (Å²) >= 11 is 2.10. The Kier molecular flexibility index (Phi) is 4.98. The number of piperidine rings is 1. The fraction of sp³-hybridized carbons (Fsp3) is 0.538. The summed E-state index contributed by atoms with van der Waals surface area (Å²) in [6.07, 6.45) is 3.24. The van der Waals surface area contributed by atoms with Crippen LogP contribution in [0.15, 0.2) is 18.2 Å². The summed E-state index contributed by atoms with van der Waals surface area (Å²) < 4.78 is 0.892. The van der Waals surface area contributed by atoms with Crippen molar-refractivity contribution < 1.29 is 4.92 Å². The molecule has 1 heterocycles. The fourth-order valence-electron chi connectivity index (χ4n) is 2.67. The first kappa shape index (κ1) is 14.5. The average Bonchev–Trinajstić information content (AvgIpc) is 2.39. The van der Waals surface area contributed by atoms with E-state index in [2.05, 4.69) is 27.5 Å². The quantitative estimate of drug-likeness (QED) is 0.499. The van der Waals surface area contributed by atoms with E-state index in [4.69, 9.17) is 5.73 Å². The van der Waals surface area contributed by atoms with Gasteiger partial charge in [0.1, 0.15) is 5.69 Å². The number of nitrogens with zero attached hydrogens (tertiary/aromatic N) is 2. The van der Waals surface area contributed by atoms with Gasteiger partial charge in [-0.1, -0.05) is 0 Å². The molecule has 1 fully saturated rings. The van der Waals surface area contributed by atoms with Crippen molar-refractivity contribution in [2.24, 2.45) is 11.7 Å². The van der Waals surface area contributed by atoms with E-state index in [1.54, 1.807) is 6.07 Å². The lowest BCUT2D eigenvalue weighted by atomic mass is 9.94. The second kappa shape index (κ2) is 6.51. The largest absolute Gasteiger partial charge is 0.366 e. The van der Waals surface area contributed by atoms with Gasteiger partial charge in [-0.05, 0) is 66.4 Å². The first-order valence-electron chi connectivity index (χ1n) is 6.50. The molecule has 0 aliphatic carbocycles. The number of benzene rings is 1. The third-order valence-corrected chi connectivity index (χ3v) is 4.24. The molecule has 1 unspecified atom stereocenters. The van der Waals surface area contributed by atoms with Crippen LogP contribution in [0.25, 0.3) is 0 Å². The van der Waals surface area contributed by atoms with Gasteiger partial charge in [0.25, 0.3) is 5.69 Å². The summed E-state index contributed by atoms with van der Waals surface area (Å²) in [6.45, 7) is 2.45. The summed E-state index contributed by atoms with van der Waals surface area (Å²) in [5, 5.41) is 11.2. The van der Waals surface area contributed by atoms with Crippen LogP contribution in [-0.4, -0.2) is 24.6 Å². The van der Waals surface area contributed by atoms with Crippen molar-refractivity contribution in [2.45, 2.75) is 19.3 Å². The maximum atomic E-state index is 11.2. The van der Waals surface area contributed by atoms with Gasteiger partial charge in [0.2, 0.25) is 0 Å². The predicted octanol–water partition coefficient (Wildman–Crippen LogP) is 2.76. The van der Waals surface area contributed by atoms with Crippen LogP contribution in [0.4, 0.5) is 11.4 Å². The highest BCUT2D eigenvalue weighted by molar-refractivity contribution is 14.1. The van der Waals surface area contributed by atoms with Gasteiger partial charge in [-0.3, -0.25) is 10.1 Å². The Morgan fingerprint density at radius 3 is 3.00 bits per heavy atom. The van der Waals surface area contributed by atoms with E-state index in [9.17, 15) is 10.1 Å². The highest BCUT2D eigenvalue weighted by atomic mass is 127. The van der Waals surface area contributed by atoms with E-state index in [0.717, 1.165) is 35.2 Å². The van der Waals surface area contributed by atoms with Gasteiger partial charge in [-0.25, -0.2) is 0 Å². The molecule has 0 bridgehead atoms. The van der Waals surface area contributed by atoms with Crippen LogP contribution in [0.5, 0.6) is 0 Å². The minimum absolute atomic E-state index is 0.209. The highest BCUT2D eigenvalue weighted by Crippen LogP contribution is 2.33. The molecule has 0 saturated carbocycles. The summed E-state index contributed by atoms with van der Waals surface area (Å²) in [4.78, 5) is 13.0. The van der Waals surface area contributed by atoms with Crippen LogP contribution in [0.1, 0.15) is 19.3 Å². The summed E-state index contributed by atoms with van der Waals surface area (Å²) in [7, 11) is 0. The molecule has 2 N–H and O–H groups in total. The molecule has 104 valence electrons. The van der Waals surface area contributed by atoms with Crippen molar-refractivity contribution in [2.75, 3.05) is 24.5 Å². The second-order valence-corrected chi connectivity index (χ2v) is 6.17. The number of nitro groups is 1. The molecule has 5 nitrogen and oxygen atoms in total. The molecular weight excluding hydrogens is 357 g/mol. The van der Waals surface area contributed by atoms with Crippen molar-refractivity contribution in [3.63, 3.8) is 0 Å². The van der Waals surface area contributed by atoms with Crippen LogP contribution in [0.2, 0.25) is 0 Å². The SMILES string of the molecule is NCCC1CCCN(c2ccc(I)cc2[N+](=O)[O-])C1. The summed E-state index contributed by atoms with van der Waals surface area (Å²) in [6, 6.07) is 5.43. The van der Waals surface area contributed by atoms with Crippen LogP contribution in [0.3, 0.4) is 0 Å². The molecule has 6 heteroatoms. The van der Waals surface area contributed by atoms with Crippen molar-refractivity contribution in [1.29, 1.82) is 0 Å². The summed E-state index contributed by atoms with van der Waals surface area (Å²) in [5.41, 5.74) is 6.57. The predicted molar refractivity (Wildman–Crippen MR) is 84.4 cm³/mol. The topological polar surface area (TPSA) is 72.4 Å². The Hall–Kier alpha value is -0.890. The van der Waals surface area contributed by atoms with Crippen LogP contribution in [0, 0.1) is 19.6 Å². The minimum Gasteiger partial charge on any atom is -0.366 e. The maximum Gasteiger partial charge on any atom is 0.293 e. The van der Waals surface area contributed by atoms with E-state index >= 15 is 0 Å². The molecular formula is C13H18IN3O2. The number of hydrogen-bond donors (Lipinski definition) is 1. The average molecular weight is 375 g/mol. The smallest absolute Gasteiger partial charge is 0.293 e. The van der Waals surface area contributed by atoms with Gasteiger partial charge in [-0.2, -0.15) is 0 Å². The molecule has 0 spiro atoms. The first-order chi connectivity index (χ1) is 9.11. The number of nitrogens with two attached hydrogens (primary N) is 1. The zero-order valence-electron chi connectivity index (χ0n) is 10.7. The van der Waals surface area contributed by atoms with E-state index in [-0.39, 0.29) is 10.6 Å². The molecule has 1 atom stereocenters. The molecule has 0 aromatic heterocycles. The van der Waals surface area contributed by atoms with Gasteiger partial charge in [0, 0.05) is 22.7 Å². The van der Waals surface area contributed by atoms with E-state index in [1.165, 1.54) is 6.42 Å². The Morgan fingerprint density at radius 1 is 1.53 bits per heavy atom. The normalized spacial score (nSPS) is 19.5. The number of halogens is 1. The van der Waals surface area contributed by atoms with Crippen molar-refractivity contribution in [3.8, 4) is 0 Å². The Bertz CT molecular complexity index is 465. The molecule has 2 rings (SSSR count). The van der Waals surface area contributed by atoms with Gasteiger partial charge in [0.05, 0.1) is 4.92 Å². The molecule has 19 heavy (non-hydrogen) atoms. The molecule has 1 aromatic carbocycles. The van der Waals surface area contributed by atoms with Gasteiger partial charge < -0.3 is 10.6 Å². The van der Waals surface area contributed by atoms with Gasteiger partial charge in [-0.15, -0.1) is 0 Å². The first-order valence-corrected chi connectivity index (χ1v) is 7.58. The monoisotopic (exact) mass is 375 g/mol. The zero-order chi connectivity index (χ0) is 13.8. The van der Waals surface area contributed by atoms with Crippen molar-refractivity contribution >= 4 is 34.0 Å². The standard InChI is InChI=1S/C13H18IN3O2/c14-11-3-4-12(13(8-11)17(18)19)16-7-1-2-10(9-16)5-6-15/h3-4,8,10H,1-2,5-7,9,15H2. The third kappa shape index (κ3) is 3.56. The molecule has 1 aromatic rings. The van der Waals surface area contributed by atoms with Crippen LogP contribution < -0.4 is 10.6 Å². The maximum absolute atomic E-state index is 11.2. The van der Waals surface area contributed by atoms with Gasteiger partial charge in [0.15, 0.2) is 0 Å². The lowest BCUT2D eigenvalue weighted by molar-refractivity contribution is -0.384. The lowest BCUT2D eigenvalue weighted by Crippen LogP contribution is -2.36. The Balaban J connectivity index is 2.23. The van der Waals surface area contributed by atoms with Gasteiger partial charge >= 0.3 is 0 Å². The van der Waals surface area contributed by atoms with Crippen LogP contribution >= 0.6 is 22.6 Å². The summed E-state index contributed by atoms with van der Waals surface area (Å²) in [5.74, 6) is 0.553. The van der Waals surface area contributed by atoms with E-state index < -0.39 is 0 Å². The highest BCUT2D eigenvalue weighted by Gasteiger charge is 2.25. The Morgan fingerprint density at radius 2 is 2.32 bits per heavy atom. The number of nitro benzene ring substituents is 1. The van der Waals surface area contributed by atoms with E-state index in [1.807, 2.05) is 12.1 Å². The number of hydrogen-bond acceptors (Lipinski definition) is 4. The number of rotatable bonds is 4. The molecule has 0 amide bonds. The molecule has 1 aliphatic heterocycles. The molecule has 1 saturated heterocycles. The molecule has 0 radical (unpaired) electrons. The zero-order valence-corrected chi connectivity index (χ0v) is 12.9. The molecule has 1 aliphatic rings. The Labute approximate surface area is 126 Å². The van der Waals surface area contributed by atoms with Crippen molar-refractivity contribution in [3.05, 3.63) is 31.9 Å². The third-order valence-electron chi connectivity index (χ3n) is 3.57. The second-order valence-electron chi connectivity index (χ2n) is 4.92.